The molecule has 0 aliphatic rings. The first-order chi connectivity index (χ1) is 9.83. The molecule has 110 valence electrons. The Bertz CT molecular complexity index is 515. The molecule has 0 aliphatic carbocycles. The number of hydrogen-bond donors (Lipinski definition) is 1. The molecule has 0 unspecified atom stereocenters. The first kappa shape index (κ1) is 15.5. The number of nitrogens with zero attached hydrogens (tertiary/aromatic N) is 1. The van der Waals surface area contributed by atoms with Crippen LogP contribution in [0.3, 0.4) is 0 Å². The van der Waals surface area contributed by atoms with E-state index >= 15 is 0 Å². The number of benzene rings is 1. The van der Waals surface area contributed by atoms with Crippen LogP contribution in [-0.4, -0.2) is 4.57 Å². The van der Waals surface area contributed by atoms with Gasteiger partial charge in [0.15, 0.2) is 0 Å². The zero-order valence-electron chi connectivity index (χ0n) is 12.6. The van der Waals surface area contributed by atoms with Crippen LogP contribution in [0.5, 0.6) is 0 Å². The Hall–Kier alpha value is -0.890. The van der Waals surface area contributed by atoms with Gasteiger partial charge >= 0.3 is 0 Å². The van der Waals surface area contributed by atoms with Crippen molar-refractivity contribution < 1.29 is 0 Å². The van der Waals surface area contributed by atoms with Crippen LogP contribution in [0.4, 0.5) is 0 Å². The van der Waals surface area contributed by atoms with E-state index in [9.17, 15) is 0 Å². The lowest BCUT2D eigenvalue weighted by molar-refractivity contribution is 0.548. The fourth-order valence-electron chi connectivity index (χ4n) is 2.83. The van der Waals surface area contributed by atoms with Crippen LogP contribution in [0.25, 0.3) is 10.9 Å². The summed E-state index contributed by atoms with van der Waals surface area (Å²) in [6.45, 7) is 3.40. The molecule has 1 aromatic heterocycles. The summed E-state index contributed by atoms with van der Waals surface area (Å²) in [5.41, 5.74) is 1.32. The zero-order chi connectivity index (χ0) is 14.2. The molecular weight excluding hydrogens is 262 g/mol. The van der Waals surface area contributed by atoms with Gasteiger partial charge in [0.25, 0.3) is 0 Å². The van der Waals surface area contributed by atoms with E-state index in [0.717, 1.165) is 11.4 Å². The normalized spacial score (nSPS) is 11.3. The summed E-state index contributed by atoms with van der Waals surface area (Å²) in [7, 11) is 0. The van der Waals surface area contributed by atoms with Crippen LogP contribution in [0, 0.1) is 0 Å². The molecule has 2 rings (SSSR count). The van der Waals surface area contributed by atoms with Crippen LogP contribution >= 0.6 is 12.6 Å². The molecule has 0 amide bonds. The molecule has 1 aromatic carbocycles. The van der Waals surface area contributed by atoms with Crippen LogP contribution in [-0.2, 0) is 6.54 Å². The predicted octanol–water partition coefficient (Wildman–Crippen LogP) is 6.07. The molecule has 1 heterocycles. The molecule has 2 heteroatoms. The average Bonchev–Trinajstić information content (AvgIpc) is 2.79. The standard InChI is InChI=1S/C18H27NS/c1-2-3-4-5-6-7-8-11-14-19-15-18(20)16-12-9-10-13-17(16)19/h9-10,12-13,15,20H,2-8,11,14H2,1H3. The minimum Gasteiger partial charge on any atom is -0.346 e. The highest BCUT2D eigenvalue weighted by Crippen LogP contribution is 2.24. The second-order valence-corrected chi connectivity index (χ2v) is 6.18. The topological polar surface area (TPSA) is 4.93 Å². The van der Waals surface area contributed by atoms with E-state index in [2.05, 4.69) is 54.6 Å². The summed E-state index contributed by atoms with van der Waals surface area (Å²) in [6, 6.07) is 8.55. The molecular formula is C18H27NS. The second kappa shape index (κ2) is 8.41. The van der Waals surface area contributed by atoms with Gasteiger partial charge in [0.2, 0.25) is 0 Å². The van der Waals surface area contributed by atoms with Crippen molar-refractivity contribution in [1.29, 1.82) is 0 Å². The monoisotopic (exact) mass is 289 g/mol. The van der Waals surface area contributed by atoms with E-state index in [4.69, 9.17) is 0 Å². The molecule has 0 radical (unpaired) electrons. The fourth-order valence-corrected chi connectivity index (χ4v) is 3.16. The van der Waals surface area contributed by atoms with Gasteiger partial charge in [0, 0.05) is 28.5 Å². The molecule has 0 aliphatic heterocycles. The number of rotatable bonds is 9. The van der Waals surface area contributed by atoms with Gasteiger partial charge in [-0.25, -0.2) is 0 Å². The summed E-state index contributed by atoms with van der Waals surface area (Å²) in [5.74, 6) is 0. The number of para-hydroxylation sites is 1. The molecule has 0 fully saturated rings. The van der Waals surface area contributed by atoms with Gasteiger partial charge in [0.1, 0.15) is 0 Å². The van der Waals surface area contributed by atoms with E-state index in [-0.39, 0.29) is 0 Å². The molecule has 0 atom stereocenters. The van der Waals surface area contributed by atoms with Crippen LogP contribution in [0.2, 0.25) is 0 Å². The first-order valence-corrected chi connectivity index (χ1v) is 8.54. The molecule has 0 N–H and O–H groups in total. The third-order valence-electron chi connectivity index (χ3n) is 4.02. The van der Waals surface area contributed by atoms with E-state index in [1.165, 1.54) is 62.3 Å². The molecule has 2 aromatic rings. The number of hydrogen-bond acceptors (Lipinski definition) is 1. The highest BCUT2D eigenvalue weighted by molar-refractivity contribution is 7.80. The summed E-state index contributed by atoms with van der Waals surface area (Å²) in [5, 5.41) is 1.27. The minimum absolute atomic E-state index is 1.10. The van der Waals surface area contributed by atoms with Crippen LogP contribution in [0.1, 0.15) is 58.3 Å². The number of unbranched alkanes of at least 4 members (excludes halogenated alkanes) is 7. The number of aryl methyl sites for hydroxylation is 1. The van der Waals surface area contributed by atoms with Gasteiger partial charge in [-0.05, 0) is 12.5 Å². The SMILES string of the molecule is CCCCCCCCCCn1cc(S)c2ccccc21. The van der Waals surface area contributed by atoms with Crippen molar-refractivity contribution in [2.75, 3.05) is 0 Å². The van der Waals surface area contributed by atoms with Crippen LogP contribution < -0.4 is 0 Å². The Kier molecular flexibility index (Phi) is 6.52. The molecule has 0 spiro atoms. The van der Waals surface area contributed by atoms with Crippen molar-refractivity contribution in [1.82, 2.24) is 4.57 Å². The highest BCUT2D eigenvalue weighted by Gasteiger charge is 2.04. The summed E-state index contributed by atoms with van der Waals surface area (Å²) >= 11 is 4.56. The third kappa shape index (κ3) is 4.31. The van der Waals surface area contributed by atoms with E-state index in [1.54, 1.807) is 0 Å². The number of fused-ring (bicyclic) bond motifs is 1. The van der Waals surface area contributed by atoms with Gasteiger partial charge in [-0.2, -0.15) is 0 Å². The van der Waals surface area contributed by atoms with Crippen molar-refractivity contribution in [3.8, 4) is 0 Å². The van der Waals surface area contributed by atoms with Crippen LogP contribution in [0.15, 0.2) is 35.4 Å². The summed E-state index contributed by atoms with van der Waals surface area (Å²) in [4.78, 5) is 1.10. The molecule has 20 heavy (non-hydrogen) atoms. The maximum atomic E-state index is 4.56. The lowest BCUT2D eigenvalue weighted by Gasteiger charge is -2.05. The predicted molar refractivity (Wildman–Crippen MR) is 91.8 cm³/mol. The van der Waals surface area contributed by atoms with E-state index < -0.39 is 0 Å². The van der Waals surface area contributed by atoms with Gasteiger partial charge in [0.05, 0.1) is 0 Å². The smallest absolute Gasteiger partial charge is 0.0491 e. The fraction of sp³-hybridized carbons (Fsp3) is 0.556. The minimum atomic E-state index is 1.10. The Morgan fingerprint density at radius 2 is 1.55 bits per heavy atom. The highest BCUT2D eigenvalue weighted by atomic mass is 32.1. The van der Waals surface area contributed by atoms with E-state index in [0.29, 0.717) is 0 Å². The maximum Gasteiger partial charge on any atom is 0.0491 e. The van der Waals surface area contributed by atoms with Crippen molar-refractivity contribution in [2.45, 2.75) is 69.7 Å². The van der Waals surface area contributed by atoms with Gasteiger partial charge in [-0.3, -0.25) is 0 Å². The number of aromatic nitrogens is 1. The lowest BCUT2D eigenvalue weighted by Crippen LogP contribution is -1.95. The molecule has 0 saturated carbocycles. The maximum absolute atomic E-state index is 4.56. The molecule has 0 bridgehead atoms. The van der Waals surface area contributed by atoms with Gasteiger partial charge < -0.3 is 4.57 Å². The first-order valence-electron chi connectivity index (χ1n) is 8.09. The largest absolute Gasteiger partial charge is 0.346 e. The van der Waals surface area contributed by atoms with Crippen molar-refractivity contribution in [3.63, 3.8) is 0 Å². The van der Waals surface area contributed by atoms with Gasteiger partial charge in [-0.15, -0.1) is 12.6 Å². The number of thiol groups is 1. The Balaban J connectivity index is 1.71. The quantitative estimate of drug-likeness (QED) is 0.422. The molecule has 1 nitrogen and oxygen atoms in total. The lowest BCUT2D eigenvalue weighted by atomic mass is 10.1. The van der Waals surface area contributed by atoms with E-state index in [1.807, 2.05) is 0 Å². The summed E-state index contributed by atoms with van der Waals surface area (Å²) < 4.78 is 2.36. The second-order valence-electron chi connectivity index (χ2n) is 5.70. The Morgan fingerprint density at radius 3 is 2.30 bits per heavy atom. The van der Waals surface area contributed by atoms with Crippen molar-refractivity contribution >= 4 is 23.5 Å². The van der Waals surface area contributed by atoms with Crippen molar-refractivity contribution in [3.05, 3.63) is 30.5 Å². The Morgan fingerprint density at radius 1 is 0.900 bits per heavy atom. The third-order valence-corrected chi connectivity index (χ3v) is 4.38. The zero-order valence-corrected chi connectivity index (χ0v) is 13.5. The average molecular weight is 289 g/mol. The van der Waals surface area contributed by atoms with Crippen molar-refractivity contribution in [2.24, 2.45) is 0 Å². The summed E-state index contributed by atoms with van der Waals surface area (Å²) in [6.07, 6.45) is 13.2. The van der Waals surface area contributed by atoms with Gasteiger partial charge in [-0.1, -0.05) is 70.1 Å². The Labute approximate surface area is 128 Å². The molecule has 0 saturated heterocycles.